The van der Waals surface area contributed by atoms with Crippen molar-refractivity contribution in [1.29, 1.82) is 0 Å². The van der Waals surface area contributed by atoms with Crippen LogP contribution in [-0.4, -0.2) is 11.2 Å². The molecule has 0 aromatic rings. The summed E-state index contributed by atoms with van der Waals surface area (Å²) >= 11 is 0. The lowest BCUT2D eigenvalue weighted by Gasteiger charge is -2.10. The predicted molar refractivity (Wildman–Crippen MR) is 102 cm³/mol. The van der Waals surface area contributed by atoms with Gasteiger partial charge in [-0.2, -0.15) is 5.26 Å². The van der Waals surface area contributed by atoms with Crippen LogP contribution in [0.2, 0.25) is 0 Å². The van der Waals surface area contributed by atoms with E-state index >= 15 is 0 Å². The van der Waals surface area contributed by atoms with E-state index in [9.17, 15) is 4.79 Å². The van der Waals surface area contributed by atoms with Gasteiger partial charge in [0.25, 0.3) is 0 Å². The Bertz CT molecular complexity index is 289. The molecule has 0 aliphatic carbocycles. The van der Waals surface area contributed by atoms with Crippen molar-refractivity contribution in [3.8, 4) is 0 Å². The molecule has 1 N–H and O–H groups in total. The second-order valence-corrected chi connectivity index (χ2v) is 7.02. The Labute approximate surface area is 149 Å². The minimum Gasteiger partial charge on any atom is -0.301 e. The van der Waals surface area contributed by atoms with Crippen LogP contribution in [0.15, 0.2) is 12.7 Å². The summed E-state index contributed by atoms with van der Waals surface area (Å²) in [5, 5.41) is 8.46. The molecule has 0 rings (SSSR count). The summed E-state index contributed by atoms with van der Waals surface area (Å²) in [5.74, 6) is -0.755. The third-order valence-corrected chi connectivity index (χ3v) is 4.78. The molecule has 24 heavy (non-hydrogen) atoms. The number of unbranched alkanes of at least 4 members (excludes halogenated alkanes) is 13. The minimum absolute atomic E-state index is 0.232. The van der Waals surface area contributed by atoms with Gasteiger partial charge >= 0.3 is 5.97 Å². The molecule has 0 radical (unpaired) electrons. The first-order valence-electron chi connectivity index (χ1n) is 10.2. The average Bonchev–Trinajstić information content (AvgIpc) is 2.60. The number of carbonyl (C=O) groups excluding carboxylic acids is 1. The standard InChI is InChI=1S/C21H40O3/c1-3-5-6-7-8-9-10-11-12-13-14-15-16-17-19-20(18-4-2)21(22)24-23/h4,20,23H,2-3,5-19H2,1H3. The van der Waals surface area contributed by atoms with Gasteiger partial charge in [0.15, 0.2) is 0 Å². The third kappa shape index (κ3) is 14.7. The van der Waals surface area contributed by atoms with E-state index in [4.69, 9.17) is 5.26 Å². The lowest BCUT2D eigenvalue weighted by atomic mass is 9.97. The van der Waals surface area contributed by atoms with Crippen LogP contribution in [0.3, 0.4) is 0 Å². The van der Waals surface area contributed by atoms with Gasteiger partial charge in [0.2, 0.25) is 0 Å². The largest absolute Gasteiger partial charge is 0.345 e. The van der Waals surface area contributed by atoms with Crippen LogP contribution in [0.1, 0.15) is 110 Å². The molecule has 0 aliphatic heterocycles. The Hall–Kier alpha value is -0.830. The van der Waals surface area contributed by atoms with Gasteiger partial charge in [-0.15, -0.1) is 6.58 Å². The maximum Gasteiger partial charge on any atom is 0.345 e. The first-order chi connectivity index (χ1) is 11.8. The average molecular weight is 341 g/mol. The van der Waals surface area contributed by atoms with Gasteiger partial charge in [0.1, 0.15) is 0 Å². The summed E-state index contributed by atoms with van der Waals surface area (Å²) in [7, 11) is 0. The molecule has 0 amide bonds. The molecule has 142 valence electrons. The molecule has 3 heteroatoms. The molecule has 0 aromatic heterocycles. The minimum atomic E-state index is -0.524. The lowest BCUT2D eigenvalue weighted by molar-refractivity contribution is -0.239. The van der Waals surface area contributed by atoms with E-state index in [0.29, 0.717) is 6.42 Å². The van der Waals surface area contributed by atoms with Gasteiger partial charge in [0.05, 0.1) is 5.92 Å². The predicted octanol–water partition coefficient (Wildman–Crippen LogP) is 7.07. The highest BCUT2D eigenvalue weighted by atomic mass is 17.1. The topological polar surface area (TPSA) is 46.5 Å². The smallest absolute Gasteiger partial charge is 0.301 e. The van der Waals surface area contributed by atoms with Crippen molar-refractivity contribution in [3.05, 3.63) is 12.7 Å². The van der Waals surface area contributed by atoms with Crippen molar-refractivity contribution < 1.29 is 14.9 Å². The van der Waals surface area contributed by atoms with Crippen LogP contribution in [0.4, 0.5) is 0 Å². The molecular formula is C21H40O3. The van der Waals surface area contributed by atoms with Crippen molar-refractivity contribution in [2.45, 2.75) is 110 Å². The fraction of sp³-hybridized carbons (Fsp3) is 0.857. The third-order valence-electron chi connectivity index (χ3n) is 4.78. The van der Waals surface area contributed by atoms with Crippen LogP contribution in [0, 0.1) is 5.92 Å². The normalized spacial score (nSPS) is 12.1. The van der Waals surface area contributed by atoms with Crippen molar-refractivity contribution in [1.82, 2.24) is 0 Å². The Morgan fingerprint density at radius 1 is 0.875 bits per heavy atom. The zero-order chi connectivity index (χ0) is 17.9. The van der Waals surface area contributed by atoms with Crippen LogP contribution in [-0.2, 0) is 9.68 Å². The summed E-state index contributed by atoms with van der Waals surface area (Å²) in [4.78, 5) is 15.2. The van der Waals surface area contributed by atoms with E-state index in [-0.39, 0.29) is 5.92 Å². The first kappa shape index (κ1) is 23.2. The van der Waals surface area contributed by atoms with Crippen LogP contribution in [0.5, 0.6) is 0 Å². The van der Waals surface area contributed by atoms with Gasteiger partial charge in [0, 0.05) is 0 Å². The maximum absolute atomic E-state index is 11.3. The fourth-order valence-corrected chi connectivity index (χ4v) is 3.19. The van der Waals surface area contributed by atoms with Gasteiger partial charge in [-0.1, -0.05) is 103 Å². The molecule has 0 heterocycles. The highest BCUT2D eigenvalue weighted by molar-refractivity contribution is 5.71. The summed E-state index contributed by atoms with van der Waals surface area (Å²) in [6, 6.07) is 0. The second kappa shape index (κ2) is 18.5. The van der Waals surface area contributed by atoms with E-state index in [0.717, 1.165) is 19.3 Å². The van der Waals surface area contributed by atoms with Gasteiger partial charge < -0.3 is 4.89 Å². The lowest BCUT2D eigenvalue weighted by Crippen LogP contribution is -2.15. The molecule has 0 bridgehead atoms. The van der Waals surface area contributed by atoms with Crippen molar-refractivity contribution in [2.75, 3.05) is 0 Å². The molecule has 1 atom stereocenters. The SMILES string of the molecule is C=CCC(CCCCCCCCCCCCCCCC)C(=O)OO. The molecule has 0 spiro atoms. The summed E-state index contributed by atoms with van der Waals surface area (Å²) in [6.07, 6.45) is 21.7. The molecule has 1 unspecified atom stereocenters. The summed E-state index contributed by atoms with van der Waals surface area (Å²) < 4.78 is 0. The highest BCUT2D eigenvalue weighted by Gasteiger charge is 2.18. The summed E-state index contributed by atoms with van der Waals surface area (Å²) in [5.41, 5.74) is 0. The van der Waals surface area contributed by atoms with E-state index < -0.39 is 5.97 Å². The van der Waals surface area contributed by atoms with Gasteiger partial charge in [-0.3, -0.25) is 0 Å². The van der Waals surface area contributed by atoms with E-state index in [2.05, 4.69) is 18.4 Å². The Morgan fingerprint density at radius 3 is 1.67 bits per heavy atom. The number of carbonyl (C=O) groups is 1. The zero-order valence-electron chi connectivity index (χ0n) is 15.9. The van der Waals surface area contributed by atoms with E-state index in [1.807, 2.05) is 0 Å². The van der Waals surface area contributed by atoms with Crippen molar-refractivity contribution in [2.24, 2.45) is 5.92 Å². The molecule has 3 nitrogen and oxygen atoms in total. The Balaban J connectivity index is 3.29. The second-order valence-electron chi connectivity index (χ2n) is 7.02. The molecule has 0 saturated carbocycles. The Morgan fingerprint density at radius 2 is 1.29 bits per heavy atom. The first-order valence-corrected chi connectivity index (χ1v) is 10.2. The fourth-order valence-electron chi connectivity index (χ4n) is 3.19. The Kier molecular flexibility index (Phi) is 17.9. The quantitative estimate of drug-likeness (QED) is 0.126. The number of hydrogen-bond acceptors (Lipinski definition) is 3. The van der Waals surface area contributed by atoms with Gasteiger partial charge in [-0.05, 0) is 12.8 Å². The monoisotopic (exact) mass is 340 g/mol. The molecular weight excluding hydrogens is 300 g/mol. The summed E-state index contributed by atoms with van der Waals surface area (Å²) in [6.45, 7) is 5.91. The highest BCUT2D eigenvalue weighted by Crippen LogP contribution is 2.18. The molecule has 0 saturated heterocycles. The van der Waals surface area contributed by atoms with Crippen LogP contribution >= 0.6 is 0 Å². The van der Waals surface area contributed by atoms with Gasteiger partial charge in [-0.25, -0.2) is 4.79 Å². The number of rotatable bonds is 18. The van der Waals surface area contributed by atoms with Crippen LogP contribution in [0.25, 0.3) is 0 Å². The van der Waals surface area contributed by atoms with Crippen molar-refractivity contribution in [3.63, 3.8) is 0 Å². The van der Waals surface area contributed by atoms with E-state index in [1.54, 1.807) is 6.08 Å². The number of allylic oxidation sites excluding steroid dienone is 1. The maximum atomic E-state index is 11.3. The molecule has 0 aliphatic rings. The molecule has 0 aromatic carbocycles. The molecule has 0 fully saturated rings. The van der Waals surface area contributed by atoms with Crippen LogP contribution < -0.4 is 0 Å². The van der Waals surface area contributed by atoms with E-state index in [1.165, 1.54) is 77.0 Å². The van der Waals surface area contributed by atoms with Crippen molar-refractivity contribution >= 4 is 5.97 Å². The number of hydrogen-bond donors (Lipinski definition) is 1. The zero-order valence-corrected chi connectivity index (χ0v) is 15.9.